The molecule has 0 aliphatic carbocycles. The molecular formula is C6H6NO3S-. The molecule has 1 rings (SSSR count). The second-order valence-electron chi connectivity index (χ2n) is 2.05. The Morgan fingerprint density at radius 3 is 2.64 bits per heavy atom. The summed E-state index contributed by atoms with van der Waals surface area (Å²) in [5, 5.41) is 0. The Morgan fingerprint density at radius 1 is 1.55 bits per heavy atom. The van der Waals surface area contributed by atoms with Gasteiger partial charge in [-0.2, -0.15) is 0 Å². The fraction of sp³-hybridized carbons (Fsp3) is 0.167. The van der Waals surface area contributed by atoms with Crippen molar-refractivity contribution in [3.8, 4) is 0 Å². The van der Waals surface area contributed by atoms with E-state index >= 15 is 0 Å². The van der Waals surface area contributed by atoms with Crippen molar-refractivity contribution in [2.45, 2.75) is 4.90 Å². The number of aryl methyl sites for hydroxylation is 1. The highest BCUT2D eigenvalue weighted by Gasteiger charge is 1.93. The molecule has 0 N–H and O–H groups in total. The predicted octanol–water partition coefficient (Wildman–Crippen LogP) is -0.377. The van der Waals surface area contributed by atoms with Crippen molar-refractivity contribution in [3.05, 3.63) is 28.7 Å². The predicted molar refractivity (Wildman–Crippen MR) is 38.9 cm³/mol. The second-order valence-corrected chi connectivity index (χ2v) is 2.99. The molecule has 60 valence electrons. The van der Waals surface area contributed by atoms with Crippen LogP contribution in [0.3, 0.4) is 0 Å². The van der Waals surface area contributed by atoms with Gasteiger partial charge in [0.2, 0.25) is 5.56 Å². The minimum atomic E-state index is -2.26. The van der Waals surface area contributed by atoms with Crippen LogP contribution < -0.4 is 5.56 Å². The lowest BCUT2D eigenvalue weighted by atomic mass is 10.5. The molecule has 0 bridgehead atoms. The topological polar surface area (TPSA) is 62.1 Å². The van der Waals surface area contributed by atoms with Gasteiger partial charge < -0.3 is 9.12 Å². The molecule has 0 spiro atoms. The van der Waals surface area contributed by atoms with Crippen LogP contribution in [0.25, 0.3) is 0 Å². The van der Waals surface area contributed by atoms with E-state index < -0.39 is 11.1 Å². The van der Waals surface area contributed by atoms with Gasteiger partial charge in [-0.15, -0.1) is 0 Å². The number of hydrogen-bond donors (Lipinski definition) is 0. The van der Waals surface area contributed by atoms with E-state index in [1.807, 2.05) is 0 Å². The minimum Gasteiger partial charge on any atom is -0.768 e. The standard InChI is InChI=1S/C6H7NO3S/c1-7-4-5(11(9)10)2-3-6(7)8/h2-4H,1H3,(H,9,10)/p-1. The number of nitrogens with zero attached hydrogens (tertiary/aromatic N) is 1. The maximum atomic E-state index is 10.8. The van der Waals surface area contributed by atoms with Crippen molar-refractivity contribution >= 4 is 11.1 Å². The molecule has 1 aromatic rings. The summed E-state index contributed by atoms with van der Waals surface area (Å²) in [4.78, 5) is 10.9. The van der Waals surface area contributed by atoms with Gasteiger partial charge in [0.25, 0.3) is 0 Å². The smallest absolute Gasteiger partial charge is 0.250 e. The van der Waals surface area contributed by atoms with Crippen molar-refractivity contribution < 1.29 is 8.76 Å². The molecule has 0 saturated carbocycles. The number of pyridine rings is 1. The molecule has 0 fully saturated rings. The van der Waals surface area contributed by atoms with Gasteiger partial charge in [0.15, 0.2) is 0 Å². The average Bonchev–Trinajstić information content (AvgIpc) is 1.94. The van der Waals surface area contributed by atoms with Crippen LogP contribution in [0.4, 0.5) is 0 Å². The molecule has 1 atom stereocenters. The SMILES string of the molecule is Cn1cc(S(=O)[O-])ccc1=O. The van der Waals surface area contributed by atoms with Crippen LogP contribution in [-0.2, 0) is 18.1 Å². The zero-order valence-corrected chi connectivity index (χ0v) is 6.63. The summed E-state index contributed by atoms with van der Waals surface area (Å²) in [5.41, 5.74) is -0.223. The van der Waals surface area contributed by atoms with Crippen molar-refractivity contribution in [1.82, 2.24) is 4.57 Å². The molecule has 1 unspecified atom stereocenters. The van der Waals surface area contributed by atoms with Crippen molar-refractivity contribution in [1.29, 1.82) is 0 Å². The zero-order chi connectivity index (χ0) is 8.43. The lowest BCUT2D eigenvalue weighted by Gasteiger charge is -2.05. The van der Waals surface area contributed by atoms with E-state index in [0.717, 1.165) is 0 Å². The first-order chi connectivity index (χ1) is 5.11. The zero-order valence-electron chi connectivity index (χ0n) is 5.81. The summed E-state index contributed by atoms with van der Waals surface area (Å²) in [7, 11) is 1.50. The van der Waals surface area contributed by atoms with Crippen molar-refractivity contribution in [2.24, 2.45) is 7.05 Å². The normalized spacial score (nSPS) is 12.9. The van der Waals surface area contributed by atoms with E-state index in [1.54, 1.807) is 0 Å². The Balaban J connectivity index is 3.26. The van der Waals surface area contributed by atoms with Gasteiger partial charge in [0.1, 0.15) is 0 Å². The first-order valence-corrected chi connectivity index (χ1v) is 3.94. The van der Waals surface area contributed by atoms with Gasteiger partial charge >= 0.3 is 0 Å². The highest BCUT2D eigenvalue weighted by molar-refractivity contribution is 7.79. The van der Waals surface area contributed by atoms with Gasteiger partial charge in [-0.3, -0.25) is 9.00 Å². The summed E-state index contributed by atoms with van der Waals surface area (Å²) in [6, 6.07) is 2.48. The van der Waals surface area contributed by atoms with Crippen LogP contribution in [0.5, 0.6) is 0 Å². The van der Waals surface area contributed by atoms with Crippen LogP contribution >= 0.6 is 0 Å². The lowest BCUT2D eigenvalue weighted by Crippen LogP contribution is -2.15. The Hall–Kier alpha value is -0.940. The Morgan fingerprint density at radius 2 is 2.18 bits per heavy atom. The molecule has 11 heavy (non-hydrogen) atoms. The van der Waals surface area contributed by atoms with Gasteiger partial charge in [0, 0.05) is 24.2 Å². The van der Waals surface area contributed by atoms with E-state index in [9.17, 15) is 13.6 Å². The van der Waals surface area contributed by atoms with Crippen LogP contribution in [0.1, 0.15) is 0 Å². The van der Waals surface area contributed by atoms with Crippen LogP contribution in [0.2, 0.25) is 0 Å². The van der Waals surface area contributed by atoms with E-state index in [4.69, 9.17) is 0 Å². The molecule has 0 saturated heterocycles. The van der Waals surface area contributed by atoms with Gasteiger partial charge in [-0.25, -0.2) is 0 Å². The van der Waals surface area contributed by atoms with Gasteiger partial charge in [-0.05, 0) is 17.1 Å². The van der Waals surface area contributed by atoms with E-state index in [2.05, 4.69) is 0 Å². The lowest BCUT2D eigenvalue weighted by molar-refractivity contribution is 0.535. The Kier molecular flexibility index (Phi) is 2.21. The average molecular weight is 172 g/mol. The van der Waals surface area contributed by atoms with E-state index in [-0.39, 0.29) is 10.5 Å². The molecule has 0 aliphatic rings. The highest BCUT2D eigenvalue weighted by atomic mass is 32.2. The monoisotopic (exact) mass is 172 g/mol. The summed E-state index contributed by atoms with van der Waals surface area (Å²) >= 11 is -2.26. The molecule has 0 radical (unpaired) electrons. The van der Waals surface area contributed by atoms with E-state index in [1.165, 1.54) is 29.9 Å². The van der Waals surface area contributed by atoms with Crippen LogP contribution in [-0.4, -0.2) is 13.3 Å². The summed E-state index contributed by atoms with van der Waals surface area (Å²) in [5.74, 6) is 0. The third kappa shape index (κ3) is 1.75. The number of rotatable bonds is 1. The molecule has 1 aromatic heterocycles. The molecular weight excluding hydrogens is 166 g/mol. The third-order valence-electron chi connectivity index (χ3n) is 1.25. The van der Waals surface area contributed by atoms with Gasteiger partial charge in [-0.1, -0.05) is 0 Å². The highest BCUT2D eigenvalue weighted by Crippen LogP contribution is 1.98. The fourth-order valence-corrected chi connectivity index (χ4v) is 1.09. The van der Waals surface area contributed by atoms with Crippen molar-refractivity contribution in [3.63, 3.8) is 0 Å². The molecule has 1 heterocycles. The molecule has 5 heteroatoms. The number of aromatic nitrogens is 1. The Labute approximate surface area is 65.8 Å². The summed E-state index contributed by atoms with van der Waals surface area (Å²) in [6.45, 7) is 0. The van der Waals surface area contributed by atoms with E-state index in [0.29, 0.717) is 0 Å². The number of hydrogen-bond acceptors (Lipinski definition) is 3. The first kappa shape index (κ1) is 8.16. The maximum Gasteiger partial charge on any atom is 0.250 e. The second kappa shape index (κ2) is 2.98. The fourth-order valence-electron chi connectivity index (χ4n) is 0.667. The third-order valence-corrected chi connectivity index (χ3v) is 1.88. The summed E-state index contributed by atoms with van der Waals surface area (Å²) < 4.78 is 21.9. The minimum absolute atomic E-state index is 0.118. The largest absolute Gasteiger partial charge is 0.768 e. The molecule has 4 nitrogen and oxygen atoms in total. The van der Waals surface area contributed by atoms with Crippen LogP contribution in [0, 0.1) is 0 Å². The first-order valence-electron chi connectivity index (χ1n) is 2.87. The van der Waals surface area contributed by atoms with Crippen molar-refractivity contribution in [2.75, 3.05) is 0 Å². The molecule has 0 aromatic carbocycles. The molecule has 0 amide bonds. The Bertz CT molecular complexity index is 344. The quantitative estimate of drug-likeness (QED) is 0.542. The van der Waals surface area contributed by atoms with Gasteiger partial charge in [0.05, 0.1) is 0 Å². The van der Waals surface area contributed by atoms with Crippen LogP contribution in [0.15, 0.2) is 28.0 Å². The molecule has 0 aliphatic heterocycles. The maximum absolute atomic E-state index is 10.8. The summed E-state index contributed by atoms with van der Waals surface area (Å²) in [6.07, 6.45) is 1.27.